The number of nitrogens with zero attached hydrogens (tertiary/aromatic N) is 1. The lowest BCUT2D eigenvalue weighted by Gasteiger charge is -2.33. The smallest absolute Gasteiger partial charge is 0.254 e. The van der Waals surface area contributed by atoms with Crippen LogP contribution < -0.4 is 5.73 Å². The molecule has 4 nitrogen and oxygen atoms in total. The van der Waals surface area contributed by atoms with Gasteiger partial charge < -0.3 is 15.4 Å². The second-order valence-electron chi connectivity index (χ2n) is 4.75. The number of ether oxygens (including phenoxy) is 1. The monoisotopic (exact) mass is 284 g/mol. The quantitative estimate of drug-likeness (QED) is 0.896. The molecule has 2 rings (SSSR count). The van der Waals surface area contributed by atoms with E-state index in [0.29, 0.717) is 26.2 Å². The van der Waals surface area contributed by atoms with Crippen molar-refractivity contribution >= 4 is 18.3 Å². The van der Waals surface area contributed by atoms with Crippen LogP contribution in [0, 0.1) is 13.8 Å². The molecule has 2 N–H and O–H groups in total. The summed E-state index contributed by atoms with van der Waals surface area (Å²) in [6.07, 6.45) is -0.0352. The van der Waals surface area contributed by atoms with Gasteiger partial charge in [-0.2, -0.15) is 0 Å². The van der Waals surface area contributed by atoms with Crippen molar-refractivity contribution in [2.45, 2.75) is 20.0 Å². The first-order valence-electron chi connectivity index (χ1n) is 6.30. The zero-order valence-corrected chi connectivity index (χ0v) is 12.2. The Morgan fingerprint density at radius 3 is 2.63 bits per heavy atom. The molecule has 1 unspecified atom stereocenters. The summed E-state index contributed by atoms with van der Waals surface area (Å²) in [7, 11) is 0. The fourth-order valence-corrected chi connectivity index (χ4v) is 2.36. The van der Waals surface area contributed by atoms with E-state index in [1.165, 1.54) is 0 Å². The van der Waals surface area contributed by atoms with E-state index < -0.39 is 0 Å². The number of hydrogen-bond donors (Lipinski definition) is 1. The summed E-state index contributed by atoms with van der Waals surface area (Å²) in [6, 6.07) is 5.92. The highest BCUT2D eigenvalue weighted by atomic mass is 35.5. The van der Waals surface area contributed by atoms with Gasteiger partial charge in [0.1, 0.15) is 0 Å². The number of rotatable bonds is 2. The molecule has 0 aliphatic carbocycles. The summed E-state index contributed by atoms with van der Waals surface area (Å²) in [6.45, 7) is 6.20. The average molecular weight is 285 g/mol. The molecule has 0 bridgehead atoms. The van der Waals surface area contributed by atoms with Crippen molar-refractivity contribution in [3.63, 3.8) is 0 Å². The van der Waals surface area contributed by atoms with Gasteiger partial charge in [0.2, 0.25) is 0 Å². The normalized spacial score (nSPS) is 18.9. The number of carbonyl (C=O) groups excluding carboxylic acids is 1. The molecule has 1 aromatic rings. The topological polar surface area (TPSA) is 55.6 Å². The van der Waals surface area contributed by atoms with Crippen LogP contribution in [-0.2, 0) is 4.74 Å². The van der Waals surface area contributed by atoms with Crippen molar-refractivity contribution in [1.29, 1.82) is 0 Å². The standard InChI is InChI=1S/C14H20N2O2.ClH/c1-10-4-3-5-11(2)13(10)14(17)16-6-7-18-12(8-15)9-16;/h3-5,12H,6-9,15H2,1-2H3;1H. The van der Waals surface area contributed by atoms with Gasteiger partial charge >= 0.3 is 0 Å². The molecule has 1 fully saturated rings. The molecule has 0 saturated carbocycles. The van der Waals surface area contributed by atoms with Crippen LogP contribution in [0.2, 0.25) is 0 Å². The van der Waals surface area contributed by atoms with E-state index in [0.717, 1.165) is 16.7 Å². The number of carbonyl (C=O) groups is 1. The highest BCUT2D eigenvalue weighted by Gasteiger charge is 2.25. The Bertz CT molecular complexity index is 431. The first-order valence-corrected chi connectivity index (χ1v) is 6.30. The molecule has 5 heteroatoms. The Kier molecular flexibility index (Phi) is 5.79. The van der Waals surface area contributed by atoms with Crippen molar-refractivity contribution < 1.29 is 9.53 Å². The fourth-order valence-electron chi connectivity index (χ4n) is 2.36. The van der Waals surface area contributed by atoms with Crippen LogP contribution in [0.15, 0.2) is 18.2 Å². The van der Waals surface area contributed by atoms with Crippen molar-refractivity contribution in [2.24, 2.45) is 5.73 Å². The summed E-state index contributed by atoms with van der Waals surface area (Å²) in [5.74, 6) is 0.0901. The van der Waals surface area contributed by atoms with Gasteiger partial charge in [-0.1, -0.05) is 18.2 Å². The maximum absolute atomic E-state index is 12.5. The second-order valence-corrected chi connectivity index (χ2v) is 4.75. The molecule has 106 valence electrons. The number of amides is 1. The zero-order valence-electron chi connectivity index (χ0n) is 11.4. The SMILES string of the molecule is Cc1cccc(C)c1C(=O)N1CCOC(CN)C1.Cl. The van der Waals surface area contributed by atoms with E-state index in [1.807, 2.05) is 36.9 Å². The van der Waals surface area contributed by atoms with Gasteiger partial charge in [0, 0.05) is 25.2 Å². The molecule has 19 heavy (non-hydrogen) atoms. The molecule has 1 atom stereocenters. The fraction of sp³-hybridized carbons (Fsp3) is 0.500. The Morgan fingerprint density at radius 1 is 1.42 bits per heavy atom. The van der Waals surface area contributed by atoms with Crippen LogP contribution >= 0.6 is 12.4 Å². The van der Waals surface area contributed by atoms with Crippen LogP contribution in [-0.4, -0.2) is 43.2 Å². The van der Waals surface area contributed by atoms with Crippen molar-refractivity contribution in [1.82, 2.24) is 4.90 Å². The largest absolute Gasteiger partial charge is 0.373 e. The van der Waals surface area contributed by atoms with E-state index >= 15 is 0 Å². The van der Waals surface area contributed by atoms with E-state index in [-0.39, 0.29) is 24.4 Å². The van der Waals surface area contributed by atoms with Crippen LogP contribution in [0.4, 0.5) is 0 Å². The summed E-state index contributed by atoms with van der Waals surface area (Å²) >= 11 is 0. The van der Waals surface area contributed by atoms with Gasteiger partial charge in [-0.15, -0.1) is 12.4 Å². The predicted octanol–water partition coefficient (Wildman–Crippen LogP) is 1.52. The molecule has 0 spiro atoms. The Morgan fingerprint density at radius 2 is 2.05 bits per heavy atom. The minimum atomic E-state index is -0.0352. The van der Waals surface area contributed by atoms with Gasteiger partial charge in [-0.05, 0) is 25.0 Å². The highest BCUT2D eigenvalue weighted by Crippen LogP contribution is 2.17. The Balaban J connectivity index is 0.00000180. The molecular weight excluding hydrogens is 264 g/mol. The molecular formula is C14H21ClN2O2. The average Bonchev–Trinajstić information content (AvgIpc) is 2.38. The molecule has 0 radical (unpaired) electrons. The maximum atomic E-state index is 12.5. The van der Waals surface area contributed by atoms with E-state index in [9.17, 15) is 4.79 Å². The van der Waals surface area contributed by atoms with Crippen molar-refractivity contribution in [3.8, 4) is 0 Å². The molecule has 1 saturated heterocycles. The number of nitrogens with two attached hydrogens (primary N) is 1. The predicted molar refractivity (Wildman–Crippen MR) is 77.9 cm³/mol. The number of morpholine rings is 1. The maximum Gasteiger partial charge on any atom is 0.254 e. The van der Waals surface area contributed by atoms with Crippen LogP contribution in [0.5, 0.6) is 0 Å². The summed E-state index contributed by atoms with van der Waals surface area (Å²) in [5, 5.41) is 0. The van der Waals surface area contributed by atoms with Gasteiger partial charge in [-0.3, -0.25) is 4.79 Å². The van der Waals surface area contributed by atoms with E-state index in [1.54, 1.807) is 0 Å². The summed E-state index contributed by atoms with van der Waals surface area (Å²) < 4.78 is 5.48. The van der Waals surface area contributed by atoms with Gasteiger partial charge in [0.25, 0.3) is 5.91 Å². The van der Waals surface area contributed by atoms with Gasteiger partial charge in [-0.25, -0.2) is 0 Å². The van der Waals surface area contributed by atoms with E-state index in [2.05, 4.69) is 0 Å². The van der Waals surface area contributed by atoms with Crippen molar-refractivity contribution in [3.05, 3.63) is 34.9 Å². The summed E-state index contributed by atoms with van der Waals surface area (Å²) in [5.41, 5.74) is 8.46. The third-order valence-electron chi connectivity index (χ3n) is 3.38. The molecule has 1 amide bonds. The summed E-state index contributed by atoms with van der Waals surface area (Å²) in [4.78, 5) is 14.4. The first-order chi connectivity index (χ1) is 8.63. The molecule has 0 aromatic heterocycles. The number of halogens is 1. The lowest BCUT2D eigenvalue weighted by Crippen LogP contribution is -2.48. The molecule has 1 aliphatic rings. The Labute approximate surface area is 120 Å². The third kappa shape index (κ3) is 3.47. The third-order valence-corrected chi connectivity index (χ3v) is 3.38. The lowest BCUT2D eigenvalue weighted by molar-refractivity contribution is -0.0168. The van der Waals surface area contributed by atoms with Crippen LogP contribution in [0.1, 0.15) is 21.5 Å². The first kappa shape index (κ1) is 16.0. The van der Waals surface area contributed by atoms with Crippen LogP contribution in [0.3, 0.4) is 0 Å². The minimum Gasteiger partial charge on any atom is -0.373 e. The number of hydrogen-bond acceptors (Lipinski definition) is 3. The zero-order chi connectivity index (χ0) is 13.1. The van der Waals surface area contributed by atoms with Gasteiger partial charge in [0.15, 0.2) is 0 Å². The molecule has 1 aliphatic heterocycles. The number of aryl methyl sites for hydroxylation is 2. The molecule has 1 heterocycles. The number of benzene rings is 1. The van der Waals surface area contributed by atoms with Gasteiger partial charge in [0.05, 0.1) is 12.7 Å². The lowest BCUT2D eigenvalue weighted by atomic mass is 10.0. The van der Waals surface area contributed by atoms with Crippen molar-refractivity contribution in [2.75, 3.05) is 26.2 Å². The highest BCUT2D eigenvalue weighted by molar-refractivity contribution is 5.97. The van der Waals surface area contributed by atoms with E-state index in [4.69, 9.17) is 10.5 Å². The molecule has 1 aromatic carbocycles. The second kappa shape index (κ2) is 6.89. The van der Waals surface area contributed by atoms with Crippen LogP contribution in [0.25, 0.3) is 0 Å². The minimum absolute atomic E-state index is 0. The Hall–Kier alpha value is -1.10.